The van der Waals surface area contributed by atoms with E-state index in [-0.39, 0.29) is 30.1 Å². The smallest absolute Gasteiger partial charge is 0.316 e. The van der Waals surface area contributed by atoms with Crippen molar-refractivity contribution in [1.82, 2.24) is 5.32 Å². The first-order chi connectivity index (χ1) is 15.2. The summed E-state index contributed by atoms with van der Waals surface area (Å²) in [5.74, 6) is -0.210. The van der Waals surface area contributed by atoms with E-state index in [1.54, 1.807) is 0 Å². The Kier molecular flexibility index (Phi) is 5.35. The monoisotopic (exact) mass is 501 g/mol. The first kappa shape index (κ1) is 21.6. The van der Waals surface area contributed by atoms with E-state index in [0.717, 1.165) is 47.8 Å². The lowest BCUT2D eigenvalue weighted by Crippen LogP contribution is -2.44. The average Bonchev–Trinajstić information content (AvgIpc) is 3.36. The molecule has 0 amide bonds. The molecule has 6 nitrogen and oxygen atoms in total. The molecule has 4 aliphatic rings. The SMILES string of the molecule is C=C1NC2=C(C(=O)CC(C)(C)C2)C(c2cc3c(cc2Br)OCO3)C1C(=O)OC1CCCC1. The lowest BCUT2D eigenvalue weighted by Gasteiger charge is -2.42. The molecule has 2 aliphatic heterocycles. The summed E-state index contributed by atoms with van der Waals surface area (Å²) in [5.41, 5.74) is 2.75. The predicted octanol–water partition coefficient (Wildman–Crippen LogP) is 5.12. The fourth-order valence-corrected chi connectivity index (χ4v) is 6.04. The van der Waals surface area contributed by atoms with E-state index >= 15 is 0 Å². The Morgan fingerprint density at radius 1 is 1.19 bits per heavy atom. The van der Waals surface area contributed by atoms with Crippen molar-refractivity contribution in [2.75, 3.05) is 6.79 Å². The Morgan fingerprint density at radius 2 is 1.88 bits per heavy atom. The van der Waals surface area contributed by atoms with Crippen molar-refractivity contribution in [3.63, 3.8) is 0 Å². The molecule has 0 bridgehead atoms. The van der Waals surface area contributed by atoms with Gasteiger partial charge in [0.25, 0.3) is 0 Å². The molecule has 1 fully saturated rings. The molecular formula is C25H28BrNO5. The van der Waals surface area contributed by atoms with Gasteiger partial charge in [-0.25, -0.2) is 0 Å². The molecular weight excluding hydrogens is 474 g/mol. The Balaban J connectivity index is 1.62. The van der Waals surface area contributed by atoms with Gasteiger partial charge in [-0.3, -0.25) is 9.59 Å². The Bertz CT molecular complexity index is 1040. The van der Waals surface area contributed by atoms with Gasteiger partial charge in [0.2, 0.25) is 6.79 Å². The number of esters is 1. The van der Waals surface area contributed by atoms with E-state index < -0.39 is 11.8 Å². The molecule has 2 unspecified atom stereocenters. The number of fused-ring (bicyclic) bond motifs is 1. The highest BCUT2D eigenvalue weighted by Crippen LogP contribution is 2.51. The van der Waals surface area contributed by atoms with Crippen LogP contribution in [0.15, 0.2) is 40.2 Å². The molecule has 1 aromatic carbocycles. The normalized spacial score (nSPS) is 26.7. The van der Waals surface area contributed by atoms with Gasteiger partial charge in [-0.1, -0.05) is 36.4 Å². The molecule has 170 valence electrons. The number of hydrogen-bond donors (Lipinski definition) is 1. The van der Waals surface area contributed by atoms with Gasteiger partial charge in [0, 0.05) is 33.8 Å². The van der Waals surface area contributed by atoms with Crippen LogP contribution in [0.3, 0.4) is 0 Å². The maximum Gasteiger partial charge on any atom is 0.316 e. The van der Waals surface area contributed by atoms with Crippen molar-refractivity contribution in [3.05, 3.63) is 45.7 Å². The van der Waals surface area contributed by atoms with Gasteiger partial charge in [0.1, 0.15) is 12.0 Å². The van der Waals surface area contributed by atoms with Crippen LogP contribution in [0.2, 0.25) is 0 Å². The van der Waals surface area contributed by atoms with Gasteiger partial charge in [-0.15, -0.1) is 0 Å². The molecule has 0 aromatic heterocycles. The van der Waals surface area contributed by atoms with Crippen molar-refractivity contribution >= 4 is 27.7 Å². The van der Waals surface area contributed by atoms with Gasteiger partial charge in [0.05, 0.1) is 0 Å². The summed E-state index contributed by atoms with van der Waals surface area (Å²) in [6.07, 6.45) is 5.01. The third-order valence-corrected chi connectivity index (χ3v) is 7.60. The molecule has 2 aliphatic carbocycles. The summed E-state index contributed by atoms with van der Waals surface area (Å²) in [6, 6.07) is 3.72. The lowest BCUT2D eigenvalue weighted by molar-refractivity contribution is -0.153. The zero-order chi connectivity index (χ0) is 22.6. The van der Waals surface area contributed by atoms with Gasteiger partial charge in [-0.05, 0) is 55.2 Å². The molecule has 2 heterocycles. The number of nitrogens with one attached hydrogen (secondary N) is 1. The standard InChI is InChI=1S/C25H28BrNO5/c1-13-21(24(29)32-14-6-4-5-7-14)22(15-8-19-20(9-16(15)26)31-12-30-19)23-17(27-13)10-25(2,3)11-18(23)28/h8-9,14,21-22,27H,1,4-7,10-12H2,2-3H3. The summed E-state index contributed by atoms with van der Waals surface area (Å²) in [6.45, 7) is 8.53. The van der Waals surface area contributed by atoms with Crippen LogP contribution in [0.1, 0.15) is 63.9 Å². The van der Waals surface area contributed by atoms with Gasteiger partial charge in [-0.2, -0.15) is 0 Å². The summed E-state index contributed by atoms with van der Waals surface area (Å²) in [4.78, 5) is 26.9. The number of rotatable bonds is 3. The van der Waals surface area contributed by atoms with E-state index in [1.165, 1.54) is 0 Å². The quantitative estimate of drug-likeness (QED) is 0.579. The van der Waals surface area contributed by atoms with E-state index in [1.807, 2.05) is 12.1 Å². The summed E-state index contributed by atoms with van der Waals surface area (Å²) < 4.78 is 17.8. The number of Topliss-reactive ketones (excluding diaryl/α,β-unsaturated/α-hetero) is 1. The fraction of sp³-hybridized carbons (Fsp3) is 0.520. The molecule has 1 N–H and O–H groups in total. The fourth-order valence-electron chi connectivity index (χ4n) is 5.47. The predicted molar refractivity (Wildman–Crippen MR) is 122 cm³/mol. The Hall–Kier alpha value is -2.28. The molecule has 0 saturated heterocycles. The maximum absolute atomic E-state index is 13.5. The third-order valence-electron chi connectivity index (χ3n) is 6.92. The molecule has 32 heavy (non-hydrogen) atoms. The highest BCUT2D eigenvalue weighted by molar-refractivity contribution is 9.10. The van der Waals surface area contributed by atoms with Crippen molar-refractivity contribution < 1.29 is 23.8 Å². The first-order valence-corrected chi connectivity index (χ1v) is 12.0. The average molecular weight is 502 g/mol. The number of hydrogen-bond acceptors (Lipinski definition) is 6. The molecule has 2 atom stereocenters. The van der Waals surface area contributed by atoms with Gasteiger partial charge in [0.15, 0.2) is 17.3 Å². The molecule has 7 heteroatoms. The number of halogens is 1. The number of ether oxygens (including phenoxy) is 3. The Labute approximate surface area is 196 Å². The van der Waals surface area contributed by atoms with Crippen molar-refractivity contribution in [2.45, 2.75) is 64.4 Å². The molecule has 0 radical (unpaired) electrons. The number of carbonyl (C=O) groups is 2. The lowest BCUT2D eigenvalue weighted by atomic mass is 9.66. The molecule has 0 spiro atoms. The minimum Gasteiger partial charge on any atom is -0.462 e. The highest BCUT2D eigenvalue weighted by atomic mass is 79.9. The number of carbonyl (C=O) groups excluding carboxylic acids is 2. The zero-order valence-corrected chi connectivity index (χ0v) is 20.0. The van der Waals surface area contributed by atoms with Crippen LogP contribution in [-0.4, -0.2) is 24.6 Å². The first-order valence-electron chi connectivity index (χ1n) is 11.2. The van der Waals surface area contributed by atoms with Crippen LogP contribution in [0.25, 0.3) is 0 Å². The van der Waals surface area contributed by atoms with Crippen LogP contribution >= 0.6 is 15.9 Å². The second-order valence-electron chi connectivity index (χ2n) is 10.0. The summed E-state index contributed by atoms with van der Waals surface area (Å²) >= 11 is 3.66. The van der Waals surface area contributed by atoms with Crippen LogP contribution in [0.4, 0.5) is 0 Å². The number of allylic oxidation sites excluding steroid dienone is 2. The molecule has 5 rings (SSSR count). The molecule has 1 aromatic rings. The number of benzene rings is 1. The van der Waals surface area contributed by atoms with Crippen LogP contribution in [0.5, 0.6) is 11.5 Å². The second kappa shape index (κ2) is 7.94. The largest absolute Gasteiger partial charge is 0.462 e. The number of ketones is 1. The van der Waals surface area contributed by atoms with E-state index in [2.05, 4.69) is 41.7 Å². The van der Waals surface area contributed by atoms with E-state index in [4.69, 9.17) is 14.2 Å². The Morgan fingerprint density at radius 3 is 2.59 bits per heavy atom. The van der Waals surface area contributed by atoms with Crippen LogP contribution in [0, 0.1) is 11.3 Å². The van der Waals surface area contributed by atoms with Gasteiger partial charge >= 0.3 is 5.97 Å². The maximum atomic E-state index is 13.5. The zero-order valence-electron chi connectivity index (χ0n) is 18.5. The summed E-state index contributed by atoms with van der Waals surface area (Å²) in [7, 11) is 0. The van der Waals surface area contributed by atoms with E-state index in [0.29, 0.717) is 29.2 Å². The third kappa shape index (κ3) is 3.74. The second-order valence-corrected chi connectivity index (χ2v) is 10.9. The van der Waals surface area contributed by atoms with Crippen molar-refractivity contribution in [2.24, 2.45) is 11.3 Å². The highest BCUT2D eigenvalue weighted by Gasteiger charge is 2.48. The van der Waals surface area contributed by atoms with E-state index in [9.17, 15) is 9.59 Å². The van der Waals surface area contributed by atoms with Crippen molar-refractivity contribution in [1.29, 1.82) is 0 Å². The van der Waals surface area contributed by atoms with Crippen LogP contribution < -0.4 is 14.8 Å². The van der Waals surface area contributed by atoms with Crippen LogP contribution in [-0.2, 0) is 14.3 Å². The van der Waals surface area contributed by atoms with Crippen molar-refractivity contribution in [3.8, 4) is 11.5 Å². The topological polar surface area (TPSA) is 73.9 Å². The summed E-state index contributed by atoms with van der Waals surface area (Å²) in [5, 5.41) is 3.32. The molecule has 1 saturated carbocycles. The minimum absolute atomic E-state index is 0.0597. The minimum atomic E-state index is -0.698. The van der Waals surface area contributed by atoms with Gasteiger partial charge < -0.3 is 19.5 Å².